The number of nitrogen functional groups attached to an aromatic ring is 2. The molecule has 0 aromatic heterocycles. The molecule has 0 aliphatic carbocycles. The van der Waals surface area contributed by atoms with Crippen LogP contribution in [0.2, 0.25) is 0 Å². The van der Waals surface area contributed by atoms with E-state index in [1.165, 1.54) is 12.1 Å². The molecule has 0 unspecified atom stereocenters. The standard InChI is InChI=1S/C10H16N2O4.2ClH/c11-7-5-8(12)10(16-4-2-14)6-9(7)15-3-1-13;;/h5-6,13-14H,1-4,11-12H2;2*1H. The van der Waals surface area contributed by atoms with E-state index in [1.807, 2.05) is 0 Å². The van der Waals surface area contributed by atoms with Crippen LogP contribution in [0.4, 0.5) is 11.4 Å². The predicted octanol–water partition coefficient (Wildman–Crippen LogP) is 0.437. The fourth-order valence-electron chi connectivity index (χ4n) is 1.16. The van der Waals surface area contributed by atoms with Gasteiger partial charge in [-0.3, -0.25) is 0 Å². The van der Waals surface area contributed by atoms with E-state index in [4.69, 9.17) is 31.2 Å². The maximum Gasteiger partial charge on any atom is 0.146 e. The Morgan fingerprint density at radius 2 is 1.22 bits per heavy atom. The molecule has 0 saturated heterocycles. The van der Waals surface area contributed by atoms with Gasteiger partial charge in [0.2, 0.25) is 0 Å². The second kappa shape index (κ2) is 9.90. The highest BCUT2D eigenvalue weighted by molar-refractivity contribution is 5.85. The Morgan fingerprint density at radius 1 is 0.833 bits per heavy atom. The van der Waals surface area contributed by atoms with Gasteiger partial charge in [0.25, 0.3) is 0 Å². The highest BCUT2D eigenvalue weighted by Gasteiger charge is 2.07. The molecule has 18 heavy (non-hydrogen) atoms. The summed E-state index contributed by atoms with van der Waals surface area (Å²) in [5, 5.41) is 17.3. The van der Waals surface area contributed by atoms with Gasteiger partial charge in [-0.25, -0.2) is 0 Å². The number of hydrogen-bond acceptors (Lipinski definition) is 6. The maximum atomic E-state index is 8.63. The Kier molecular flexibility index (Phi) is 10.6. The van der Waals surface area contributed by atoms with E-state index in [2.05, 4.69) is 0 Å². The van der Waals surface area contributed by atoms with E-state index in [0.29, 0.717) is 22.9 Å². The van der Waals surface area contributed by atoms with E-state index in [-0.39, 0.29) is 51.2 Å². The van der Waals surface area contributed by atoms with Crippen LogP contribution in [0, 0.1) is 0 Å². The highest BCUT2D eigenvalue weighted by atomic mass is 35.5. The quantitative estimate of drug-likeness (QED) is 0.567. The zero-order chi connectivity index (χ0) is 12.0. The Bertz CT molecular complexity index is 324. The van der Waals surface area contributed by atoms with Crippen molar-refractivity contribution in [3.8, 4) is 11.5 Å². The van der Waals surface area contributed by atoms with Gasteiger partial charge in [-0.2, -0.15) is 0 Å². The number of hydrogen-bond donors (Lipinski definition) is 4. The molecular formula is C10H18Cl2N2O4. The molecule has 8 heteroatoms. The van der Waals surface area contributed by atoms with Crippen molar-refractivity contribution >= 4 is 36.2 Å². The minimum atomic E-state index is -0.101. The number of nitrogens with two attached hydrogens (primary N) is 2. The van der Waals surface area contributed by atoms with Crippen molar-refractivity contribution in [1.82, 2.24) is 0 Å². The van der Waals surface area contributed by atoms with Crippen molar-refractivity contribution in [2.24, 2.45) is 0 Å². The van der Waals surface area contributed by atoms with Crippen molar-refractivity contribution < 1.29 is 19.7 Å². The molecule has 1 aromatic rings. The van der Waals surface area contributed by atoms with Gasteiger partial charge >= 0.3 is 0 Å². The fourth-order valence-corrected chi connectivity index (χ4v) is 1.16. The number of halogens is 2. The van der Waals surface area contributed by atoms with E-state index < -0.39 is 0 Å². The Morgan fingerprint density at radius 3 is 1.56 bits per heavy atom. The summed E-state index contributed by atoms with van der Waals surface area (Å²) in [5.41, 5.74) is 12.1. The first-order valence-electron chi connectivity index (χ1n) is 4.85. The minimum absolute atomic E-state index is 0. The lowest BCUT2D eigenvalue weighted by Gasteiger charge is -2.12. The van der Waals surface area contributed by atoms with E-state index in [1.54, 1.807) is 0 Å². The predicted molar refractivity (Wildman–Crippen MR) is 74.9 cm³/mol. The van der Waals surface area contributed by atoms with Crippen molar-refractivity contribution in [1.29, 1.82) is 0 Å². The second-order valence-corrected chi connectivity index (χ2v) is 3.07. The van der Waals surface area contributed by atoms with Gasteiger partial charge in [-0.15, -0.1) is 24.8 Å². The molecule has 1 aromatic carbocycles. The lowest BCUT2D eigenvalue weighted by molar-refractivity contribution is 0.195. The zero-order valence-corrected chi connectivity index (χ0v) is 11.3. The molecule has 0 atom stereocenters. The van der Waals surface area contributed by atoms with E-state index in [9.17, 15) is 0 Å². The first-order chi connectivity index (χ1) is 7.69. The van der Waals surface area contributed by atoms with E-state index >= 15 is 0 Å². The van der Waals surface area contributed by atoms with Crippen LogP contribution in [0.15, 0.2) is 12.1 Å². The number of rotatable bonds is 6. The molecule has 0 heterocycles. The van der Waals surface area contributed by atoms with Gasteiger partial charge in [-0.1, -0.05) is 0 Å². The third-order valence-corrected chi connectivity index (χ3v) is 1.84. The lowest BCUT2D eigenvalue weighted by atomic mass is 10.2. The molecule has 0 bridgehead atoms. The molecule has 0 fully saturated rings. The summed E-state index contributed by atoms with van der Waals surface area (Å²) >= 11 is 0. The SMILES string of the molecule is Cl.Cl.Nc1cc(N)c(OCCO)cc1OCCO. The van der Waals surface area contributed by atoms with Crippen LogP contribution >= 0.6 is 24.8 Å². The van der Waals surface area contributed by atoms with Crippen LogP contribution in [0.1, 0.15) is 0 Å². The number of ether oxygens (including phenoxy) is 2. The van der Waals surface area contributed by atoms with Crippen LogP contribution in [0.3, 0.4) is 0 Å². The van der Waals surface area contributed by atoms with Crippen LogP contribution in [0.5, 0.6) is 11.5 Å². The number of anilines is 2. The Labute approximate surface area is 118 Å². The average Bonchev–Trinajstić information content (AvgIpc) is 2.26. The summed E-state index contributed by atoms with van der Waals surface area (Å²) in [7, 11) is 0. The molecule has 6 nitrogen and oxygen atoms in total. The van der Waals surface area contributed by atoms with Crippen LogP contribution < -0.4 is 20.9 Å². The number of benzene rings is 1. The molecule has 0 aliphatic heterocycles. The van der Waals surface area contributed by atoms with Gasteiger partial charge in [0.1, 0.15) is 24.7 Å². The molecular weight excluding hydrogens is 283 g/mol. The summed E-state index contributed by atoms with van der Waals surface area (Å²) < 4.78 is 10.4. The van der Waals surface area contributed by atoms with Crippen molar-refractivity contribution in [3.05, 3.63) is 12.1 Å². The van der Waals surface area contributed by atoms with Gasteiger partial charge in [0.15, 0.2) is 0 Å². The third-order valence-electron chi connectivity index (χ3n) is 1.84. The maximum absolute atomic E-state index is 8.63. The van der Waals surface area contributed by atoms with Crippen molar-refractivity contribution in [2.75, 3.05) is 37.9 Å². The monoisotopic (exact) mass is 300 g/mol. The van der Waals surface area contributed by atoms with Crippen molar-refractivity contribution in [2.45, 2.75) is 0 Å². The molecule has 0 amide bonds. The van der Waals surface area contributed by atoms with Crippen LogP contribution in [-0.4, -0.2) is 36.6 Å². The second-order valence-electron chi connectivity index (χ2n) is 3.07. The Balaban J connectivity index is 0. The third kappa shape index (κ3) is 5.50. The zero-order valence-electron chi connectivity index (χ0n) is 9.67. The minimum Gasteiger partial charge on any atom is -0.489 e. The van der Waals surface area contributed by atoms with Crippen LogP contribution in [-0.2, 0) is 0 Å². The summed E-state index contributed by atoms with van der Waals surface area (Å²) in [4.78, 5) is 0. The molecule has 0 saturated carbocycles. The molecule has 0 aliphatic rings. The average molecular weight is 301 g/mol. The summed E-state index contributed by atoms with van der Waals surface area (Å²) in [5.74, 6) is 0.798. The van der Waals surface area contributed by atoms with Gasteiger partial charge in [0, 0.05) is 6.07 Å². The topological polar surface area (TPSA) is 111 Å². The summed E-state index contributed by atoms with van der Waals surface area (Å²) in [6.07, 6.45) is 0. The fraction of sp³-hybridized carbons (Fsp3) is 0.400. The summed E-state index contributed by atoms with van der Waals surface area (Å²) in [6.45, 7) is 0.0917. The Hall–Kier alpha value is -1.08. The number of aliphatic hydroxyl groups excluding tert-OH is 2. The smallest absolute Gasteiger partial charge is 0.146 e. The van der Waals surface area contributed by atoms with Gasteiger partial charge in [-0.05, 0) is 6.07 Å². The normalized spacial score (nSPS) is 9.00. The number of aliphatic hydroxyl groups is 2. The molecule has 0 spiro atoms. The largest absolute Gasteiger partial charge is 0.489 e. The first kappa shape index (κ1) is 19.3. The first-order valence-corrected chi connectivity index (χ1v) is 4.85. The summed E-state index contributed by atoms with van der Waals surface area (Å²) in [6, 6.07) is 3.05. The molecule has 1 rings (SSSR count). The van der Waals surface area contributed by atoms with E-state index in [0.717, 1.165) is 0 Å². The van der Waals surface area contributed by atoms with Gasteiger partial charge < -0.3 is 31.2 Å². The highest BCUT2D eigenvalue weighted by Crippen LogP contribution is 2.32. The molecule has 0 radical (unpaired) electrons. The van der Waals surface area contributed by atoms with Crippen LogP contribution in [0.25, 0.3) is 0 Å². The lowest BCUT2D eigenvalue weighted by Crippen LogP contribution is -2.07. The molecule has 6 N–H and O–H groups in total. The van der Waals surface area contributed by atoms with Crippen molar-refractivity contribution in [3.63, 3.8) is 0 Å². The van der Waals surface area contributed by atoms with Gasteiger partial charge in [0.05, 0.1) is 24.6 Å². The molecule has 106 valence electrons.